The van der Waals surface area contributed by atoms with Gasteiger partial charge in [0.1, 0.15) is 5.75 Å². The zero-order valence-electron chi connectivity index (χ0n) is 14.8. The number of ether oxygens (including phenoxy) is 1. The Balaban J connectivity index is 2.24. The topological polar surface area (TPSA) is 92.7 Å². The summed E-state index contributed by atoms with van der Waals surface area (Å²) in [6.07, 6.45) is 0.514. The second-order valence-electron chi connectivity index (χ2n) is 6.00. The Kier molecular flexibility index (Phi) is 6.76. The van der Waals surface area contributed by atoms with Gasteiger partial charge in [0.2, 0.25) is 10.0 Å². The molecule has 2 rings (SSSR count). The molecule has 140 valence electrons. The maximum absolute atomic E-state index is 12.6. The normalized spacial score (nSPS) is 12.5. The maximum Gasteiger partial charge on any atom is 0.305 e. The third-order valence-corrected chi connectivity index (χ3v) is 5.25. The van der Waals surface area contributed by atoms with Gasteiger partial charge < -0.3 is 9.84 Å². The van der Waals surface area contributed by atoms with Gasteiger partial charge >= 0.3 is 5.97 Å². The summed E-state index contributed by atoms with van der Waals surface area (Å²) in [6.45, 7) is 4.44. The number of hydrogen-bond acceptors (Lipinski definition) is 4. The third-order valence-electron chi connectivity index (χ3n) is 3.76. The molecule has 0 radical (unpaired) electrons. The standard InChI is InChI=1S/C19H23NO5S/c1-3-12-25-16-8-6-15(7-9-16)18(13-19(21)22)20-26(23,24)17-10-4-14(2)5-11-17/h4-11,18,20H,3,12-13H2,1-2H3,(H,21,22)/t18-/m0/s1. The minimum Gasteiger partial charge on any atom is -0.494 e. The van der Waals surface area contributed by atoms with Crippen LogP contribution in [0.3, 0.4) is 0 Å². The lowest BCUT2D eigenvalue weighted by Crippen LogP contribution is -2.30. The van der Waals surface area contributed by atoms with E-state index in [-0.39, 0.29) is 11.3 Å². The molecule has 2 aromatic carbocycles. The number of hydrogen-bond donors (Lipinski definition) is 2. The fourth-order valence-corrected chi connectivity index (χ4v) is 3.62. The summed E-state index contributed by atoms with van der Waals surface area (Å²) in [5.41, 5.74) is 1.50. The molecular formula is C19H23NO5S. The van der Waals surface area contributed by atoms with Crippen LogP contribution in [0.15, 0.2) is 53.4 Å². The molecule has 0 amide bonds. The fourth-order valence-electron chi connectivity index (χ4n) is 2.39. The number of sulfonamides is 1. The number of aryl methyl sites for hydroxylation is 1. The van der Waals surface area contributed by atoms with E-state index in [2.05, 4.69) is 4.72 Å². The fraction of sp³-hybridized carbons (Fsp3) is 0.316. The van der Waals surface area contributed by atoms with Gasteiger partial charge in [0.25, 0.3) is 0 Å². The molecule has 0 unspecified atom stereocenters. The summed E-state index contributed by atoms with van der Waals surface area (Å²) in [5.74, 6) is -0.431. The van der Waals surface area contributed by atoms with Crippen molar-refractivity contribution in [3.63, 3.8) is 0 Å². The average molecular weight is 377 g/mol. The Labute approximate surface area is 153 Å². The first-order valence-electron chi connectivity index (χ1n) is 8.35. The van der Waals surface area contributed by atoms with Crippen molar-refractivity contribution in [1.29, 1.82) is 0 Å². The maximum atomic E-state index is 12.6. The predicted octanol–water partition coefficient (Wildman–Crippen LogP) is 3.28. The van der Waals surface area contributed by atoms with Crippen LogP contribution in [0.25, 0.3) is 0 Å². The van der Waals surface area contributed by atoms with Crippen LogP contribution in [-0.4, -0.2) is 26.1 Å². The van der Waals surface area contributed by atoms with Gasteiger partial charge in [-0.2, -0.15) is 0 Å². The van der Waals surface area contributed by atoms with Gasteiger partial charge in [-0.15, -0.1) is 0 Å². The zero-order chi connectivity index (χ0) is 19.2. The highest BCUT2D eigenvalue weighted by atomic mass is 32.2. The first-order valence-corrected chi connectivity index (χ1v) is 9.83. The van der Waals surface area contributed by atoms with Gasteiger partial charge in [0.15, 0.2) is 0 Å². The van der Waals surface area contributed by atoms with E-state index < -0.39 is 22.0 Å². The van der Waals surface area contributed by atoms with Crippen LogP contribution in [0.1, 0.15) is 36.9 Å². The summed E-state index contributed by atoms with van der Waals surface area (Å²) >= 11 is 0. The molecule has 26 heavy (non-hydrogen) atoms. The summed E-state index contributed by atoms with van der Waals surface area (Å²) in [5, 5.41) is 9.16. The van der Waals surface area contributed by atoms with E-state index in [1.165, 1.54) is 12.1 Å². The minimum atomic E-state index is -3.84. The Morgan fingerprint density at radius 3 is 2.27 bits per heavy atom. The van der Waals surface area contributed by atoms with E-state index >= 15 is 0 Å². The third kappa shape index (κ3) is 5.57. The van der Waals surface area contributed by atoms with Crippen LogP contribution < -0.4 is 9.46 Å². The molecule has 6 nitrogen and oxygen atoms in total. The molecule has 0 heterocycles. The number of aliphatic carboxylic acids is 1. The van der Waals surface area contributed by atoms with Gasteiger partial charge in [0, 0.05) is 0 Å². The lowest BCUT2D eigenvalue weighted by atomic mass is 10.0. The molecule has 0 aromatic heterocycles. The first kappa shape index (κ1) is 19.9. The summed E-state index contributed by atoms with van der Waals surface area (Å²) < 4.78 is 33.2. The molecule has 7 heteroatoms. The van der Waals surface area contributed by atoms with Gasteiger partial charge in [-0.1, -0.05) is 36.8 Å². The van der Waals surface area contributed by atoms with Crippen LogP contribution in [0.2, 0.25) is 0 Å². The Hall–Kier alpha value is -2.38. The molecule has 2 N–H and O–H groups in total. The Morgan fingerprint density at radius 2 is 1.73 bits per heavy atom. The van der Waals surface area contributed by atoms with Crippen molar-refractivity contribution in [3.8, 4) is 5.75 Å². The second kappa shape index (κ2) is 8.82. The van der Waals surface area contributed by atoms with E-state index in [1.807, 2.05) is 13.8 Å². The molecule has 0 aliphatic carbocycles. The largest absolute Gasteiger partial charge is 0.494 e. The smallest absolute Gasteiger partial charge is 0.305 e. The predicted molar refractivity (Wildman–Crippen MR) is 98.7 cm³/mol. The lowest BCUT2D eigenvalue weighted by Gasteiger charge is -2.18. The van der Waals surface area contributed by atoms with E-state index in [9.17, 15) is 13.2 Å². The molecule has 1 atom stereocenters. The van der Waals surface area contributed by atoms with E-state index in [0.29, 0.717) is 17.9 Å². The zero-order valence-corrected chi connectivity index (χ0v) is 15.6. The second-order valence-corrected chi connectivity index (χ2v) is 7.72. The van der Waals surface area contributed by atoms with E-state index in [1.54, 1.807) is 36.4 Å². The summed E-state index contributed by atoms with van der Waals surface area (Å²) in [6, 6.07) is 12.3. The highest BCUT2D eigenvalue weighted by Crippen LogP contribution is 2.23. The molecule has 0 aliphatic rings. The molecule has 0 spiro atoms. The minimum absolute atomic E-state index is 0.0985. The lowest BCUT2D eigenvalue weighted by molar-refractivity contribution is -0.137. The number of nitrogens with one attached hydrogen (secondary N) is 1. The molecule has 0 aliphatic heterocycles. The van der Waals surface area contributed by atoms with Crippen molar-refractivity contribution in [1.82, 2.24) is 4.72 Å². The number of carbonyl (C=O) groups is 1. The van der Waals surface area contributed by atoms with Gasteiger partial charge in [-0.3, -0.25) is 4.79 Å². The number of rotatable bonds is 9. The van der Waals surface area contributed by atoms with Crippen molar-refractivity contribution in [2.24, 2.45) is 0 Å². The molecule has 2 aromatic rings. The highest BCUT2D eigenvalue weighted by molar-refractivity contribution is 7.89. The van der Waals surface area contributed by atoms with Crippen LogP contribution in [0, 0.1) is 6.92 Å². The van der Waals surface area contributed by atoms with Crippen LogP contribution in [0.4, 0.5) is 0 Å². The number of carboxylic acids is 1. The first-order chi connectivity index (χ1) is 12.3. The number of benzene rings is 2. The van der Waals surface area contributed by atoms with Crippen molar-refractivity contribution < 1.29 is 23.1 Å². The molecular weight excluding hydrogens is 354 g/mol. The average Bonchev–Trinajstić information content (AvgIpc) is 2.59. The molecule has 0 saturated carbocycles. The number of carboxylic acid groups (broad SMARTS) is 1. The molecule has 0 bridgehead atoms. The van der Waals surface area contributed by atoms with Crippen LogP contribution >= 0.6 is 0 Å². The summed E-state index contributed by atoms with van der Waals surface area (Å²) in [7, 11) is -3.84. The van der Waals surface area contributed by atoms with Gasteiger partial charge in [-0.25, -0.2) is 13.1 Å². The van der Waals surface area contributed by atoms with Crippen molar-refractivity contribution in [3.05, 3.63) is 59.7 Å². The Morgan fingerprint density at radius 1 is 1.12 bits per heavy atom. The van der Waals surface area contributed by atoms with E-state index in [0.717, 1.165) is 12.0 Å². The van der Waals surface area contributed by atoms with E-state index in [4.69, 9.17) is 9.84 Å². The van der Waals surface area contributed by atoms with Gasteiger partial charge in [0.05, 0.1) is 24.0 Å². The molecule has 0 saturated heterocycles. The Bertz CT molecular complexity index is 829. The molecule has 0 fully saturated rings. The monoisotopic (exact) mass is 377 g/mol. The van der Waals surface area contributed by atoms with Crippen molar-refractivity contribution in [2.75, 3.05) is 6.61 Å². The quantitative estimate of drug-likeness (QED) is 0.700. The van der Waals surface area contributed by atoms with Gasteiger partial charge in [-0.05, 0) is 43.2 Å². The van der Waals surface area contributed by atoms with Crippen molar-refractivity contribution >= 4 is 16.0 Å². The van der Waals surface area contributed by atoms with Crippen LogP contribution in [-0.2, 0) is 14.8 Å². The summed E-state index contributed by atoms with van der Waals surface area (Å²) in [4.78, 5) is 11.3. The van der Waals surface area contributed by atoms with Crippen LogP contribution in [0.5, 0.6) is 5.75 Å². The highest BCUT2D eigenvalue weighted by Gasteiger charge is 2.23. The van der Waals surface area contributed by atoms with Crippen molar-refractivity contribution in [2.45, 2.75) is 37.6 Å². The SMILES string of the molecule is CCCOc1ccc([C@H](CC(=O)O)NS(=O)(=O)c2ccc(C)cc2)cc1.